The van der Waals surface area contributed by atoms with Gasteiger partial charge in [-0.15, -0.1) is 0 Å². The first kappa shape index (κ1) is 26.9. The Labute approximate surface area is 270 Å². The van der Waals surface area contributed by atoms with Crippen LogP contribution >= 0.6 is 0 Å². The molecule has 220 valence electrons. The molecule has 0 radical (unpaired) electrons. The Kier molecular flexibility index (Phi) is 6.39. The van der Waals surface area contributed by atoms with Gasteiger partial charge in [-0.1, -0.05) is 121 Å². The number of nitrogens with zero attached hydrogens (tertiary/aromatic N) is 4. The standard InChI is InChI=1S/C42H26N4O/c1-4-12-27(13-5-1)32-20-21-34(38-36-24-30-22-23-43-26-31(30)25-37(36)47-39(32)38)33-18-10-11-19-35(33)42-45-40(28-14-6-2-7-15-28)44-41(46-42)29-16-8-3-9-17-29/h1-26H. The van der Waals surface area contributed by atoms with E-state index in [9.17, 15) is 0 Å². The van der Waals surface area contributed by atoms with Crippen LogP contribution in [-0.4, -0.2) is 19.9 Å². The second-order valence-corrected chi connectivity index (χ2v) is 11.5. The highest BCUT2D eigenvalue weighted by Gasteiger charge is 2.21. The minimum atomic E-state index is 0.609. The van der Waals surface area contributed by atoms with Crippen molar-refractivity contribution in [3.8, 4) is 56.4 Å². The highest BCUT2D eigenvalue weighted by molar-refractivity contribution is 6.19. The molecule has 0 aliphatic carbocycles. The largest absolute Gasteiger partial charge is 0.455 e. The van der Waals surface area contributed by atoms with Crippen molar-refractivity contribution < 1.29 is 4.42 Å². The number of benzene rings is 6. The maximum absolute atomic E-state index is 6.74. The summed E-state index contributed by atoms with van der Waals surface area (Å²) >= 11 is 0. The fraction of sp³-hybridized carbons (Fsp3) is 0. The summed E-state index contributed by atoms with van der Waals surface area (Å²) in [5.41, 5.74) is 8.64. The number of hydrogen-bond acceptors (Lipinski definition) is 5. The Balaban J connectivity index is 1.33. The number of rotatable bonds is 5. The molecule has 9 aromatic rings. The number of aromatic nitrogens is 4. The third-order valence-electron chi connectivity index (χ3n) is 8.62. The second-order valence-electron chi connectivity index (χ2n) is 11.5. The molecule has 3 aromatic heterocycles. The first-order valence-corrected chi connectivity index (χ1v) is 15.6. The molecule has 0 saturated heterocycles. The monoisotopic (exact) mass is 602 g/mol. The SMILES string of the molecule is c1ccc(-c2nc(-c3ccccc3)nc(-c3ccccc3-c3ccc(-c4ccccc4)c4oc5cc6cnccc6cc5c34)n2)cc1. The molecule has 0 amide bonds. The first-order valence-electron chi connectivity index (χ1n) is 15.6. The van der Waals surface area contributed by atoms with Gasteiger partial charge in [-0.3, -0.25) is 4.98 Å². The predicted molar refractivity (Wildman–Crippen MR) is 190 cm³/mol. The molecule has 0 atom stereocenters. The first-order chi connectivity index (χ1) is 23.3. The molecule has 47 heavy (non-hydrogen) atoms. The summed E-state index contributed by atoms with van der Waals surface area (Å²) in [6.07, 6.45) is 3.71. The van der Waals surface area contributed by atoms with Gasteiger partial charge < -0.3 is 4.42 Å². The van der Waals surface area contributed by atoms with Gasteiger partial charge >= 0.3 is 0 Å². The number of pyridine rings is 1. The van der Waals surface area contributed by atoms with Crippen LogP contribution < -0.4 is 0 Å². The van der Waals surface area contributed by atoms with Gasteiger partial charge in [-0.25, -0.2) is 15.0 Å². The predicted octanol–water partition coefficient (Wildman–Crippen LogP) is 10.7. The van der Waals surface area contributed by atoms with Gasteiger partial charge in [-0.2, -0.15) is 0 Å². The van der Waals surface area contributed by atoms with Crippen LogP contribution in [-0.2, 0) is 0 Å². The summed E-state index contributed by atoms with van der Waals surface area (Å²) in [5, 5.41) is 4.24. The van der Waals surface area contributed by atoms with Gasteiger partial charge in [0.15, 0.2) is 17.5 Å². The van der Waals surface area contributed by atoms with E-state index in [0.717, 1.165) is 71.7 Å². The quantitative estimate of drug-likeness (QED) is 0.196. The average molecular weight is 603 g/mol. The van der Waals surface area contributed by atoms with Crippen molar-refractivity contribution in [1.29, 1.82) is 0 Å². The zero-order valence-electron chi connectivity index (χ0n) is 25.2. The maximum atomic E-state index is 6.74. The van der Waals surface area contributed by atoms with Gasteiger partial charge in [0.05, 0.1) is 0 Å². The van der Waals surface area contributed by atoms with Crippen molar-refractivity contribution >= 4 is 32.7 Å². The molecule has 5 nitrogen and oxygen atoms in total. The molecule has 0 saturated carbocycles. The van der Waals surface area contributed by atoms with Crippen molar-refractivity contribution in [2.75, 3.05) is 0 Å². The number of hydrogen-bond donors (Lipinski definition) is 0. The Morgan fingerprint density at radius 3 is 1.68 bits per heavy atom. The topological polar surface area (TPSA) is 64.7 Å². The molecule has 0 bridgehead atoms. The van der Waals surface area contributed by atoms with E-state index < -0.39 is 0 Å². The minimum absolute atomic E-state index is 0.609. The van der Waals surface area contributed by atoms with E-state index in [2.05, 4.69) is 71.7 Å². The lowest BCUT2D eigenvalue weighted by Crippen LogP contribution is -2.01. The molecular formula is C42H26N4O. The zero-order chi connectivity index (χ0) is 31.2. The van der Waals surface area contributed by atoms with Gasteiger partial charge in [0, 0.05) is 50.8 Å². The summed E-state index contributed by atoms with van der Waals surface area (Å²) in [7, 11) is 0. The molecule has 0 spiro atoms. The van der Waals surface area contributed by atoms with E-state index in [0.29, 0.717) is 17.5 Å². The molecule has 0 unspecified atom stereocenters. The van der Waals surface area contributed by atoms with Gasteiger partial charge in [0.2, 0.25) is 0 Å². The van der Waals surface area contributed by atoms with Crippen LogP contribution in [0.25, 0.3) is 89.1 Å². The molecule has 6 aromatic carbocycles. The van der Waals surface area contributed by atoms with Crippen LogP contribution in [0.3, 0.4) is 0 Å². The summed E-state index contributed by atoms with van der Waals surface area (Å²) in [6, 6.07) is 49.6. The van der Waals surface area contributed by atoms with E-state index in [1.807, 2.05) is 91.3 Å². The molecule has 0 N–H and O–H groups in total. The van der Waals surface area contributed by atoms with Crippen molar-refractivity contribution in [3.63, 3.8) is 0 Å². The van der Waals surface area contributed by atoms with E-state index >= 15 is 0 Å². The smallest absolute Gasteiger partial charge is 0.164 e. The van der Waals surface area contributed by atoms with E-state index in [1.165, 1.54) is 0 Å². The van der Waals surface area contributed by atoms with Crippen LogP contribution in [0.5, 0.6) is 0 Å². The lowest BCUT2D eigenvalue weighted by atomic mass is 9.91. The van der Waals surface area contributed by atoms with Crippen LogP contribution in [0, 0.1) is 0 Å². The number of fused-ring (bicyclic) bond motifs is 4. The molecule has 5 heteroatoms. The molecular weight excluding hydrogens is 576 g/mol. The fourth-order valence-corrected chi connectivity index (χ4v) is 6.37. The molecule has 9 rings (SSSR count). The highest BCUT2D eigenvalue weighted by Crippen LogP contribution is 2.44. The van der Waals surface area contributed by atoms with Crippen LogP contribution in [0.2, 0.25) is 0 Å². The summed E-state index contributed by atoms with van der Waals surface area (Å²) in [5.74, 6) is 1.86. The van der Waals surface area contributed by atoms with Crippen molar-refractivity contribution in [3.05, 3.63) is 158 Å². The van der Waals surface area contributed by atoms with E-state index in [1.54, 1.807) is 0 Å². The van der Waals surface area contributed by atoms with Crippen LogP contribution in [0.15, 0.2) is 162 Å². The van der Waals surface area contributed by atoms with Gasteiger partial charge in [-0.05, 0) is 46.3 Å². The summed E-state index contributed by atoms with van der Waals surface area (Å²) in [6.45, 7) is 0. The molecule has 0 aliphatic rings. The van der Waals surface area contributed by atoms with E-state index in [-0.39, 0.29) is 0 Å². The fourth-order valence-electron chi connectivity index (χ4n) is 6.37. The van der Waals surface area contributed by atoms with Crippen molar-refractivity contribution in [2.24, 2.45) is 0 Å². The van der Waals surface area contributed by atoms with Crippen molar-refractivity contribution in [2.45, 2.75) is 0 Å². The third kappa shape index (κ3) is 4.73. The zero-order valence-corrected chi connectivity index (χ0v) is 25.2. The second kappa shape index (κ2) is 11.2. The summed E-state index contributed by atoms with van der Waals surface area (Å²) in [4.78, 5) is 19.4. The summed E-state index contributed by atoms with van der Waals surface area (Å²) < 4.78 is 6.74. The molecule has 0 aliphatic heterocycles. The minimum Gasteiger partial charge on any atom is -0.455 e. The normalized spacial score (nSPS) is 11.4. The number of furan rings is 1. The molecule has 0 fully saturated rings. The Morgan fingerprint density at radius 1 is 0.426 bits per heavy atom. The molecule has 3 heterocycles. The maximum Gasteiger partial charge on any atom is 0.164 e. The lowest BCUT2D eigenvalue weighted by molar-refractivity contribution is 0.670. The highest BCUT2D eigenvalue weighted by atomic mass is 16.3. The van der Waals surface area contributed by atoms with Gasteiger partial charge in [0.1, 0.15) is 11.2 Å². The Hall–Kier alpha value is -6.46. The lowest BCUT2D eigenvalue weighted by Gasteiger charge is -2.14. The van der Waals surface area contributed by atoms with E-state index in [4.69, 9.17) is 19.4 Å². The van der Waals surface area contributed by atoms with Crippen molar-refractivity contribution in [1.82, 2.24) is 19.9 Å². The average Bonchev–Trinajstić information content (AvgIpc) is 3.53. The van der Waals surface area contributed by atoms with Gasteiger partial charge in [0.25, 0.3) is 0 Å². The Morgan fingerprint density at radius 2 is 1.00 bits per heavy atom. The third-order valence-corrected chi connectivity index (χ3v) is 8.62. The van der Waals surface area contributed by atoms with Crippen LogP contribution in [0.1, 0.15) is 0 Å². The van der Waals surface area contributed by atoms with Crippen LogP contribution in [0.4, 0.5) is 0 Å². The Bertz CT molecular complexity index is 2500.